The van der Waals surface area contributed by atoms with Crippen molar-refractivity contribution in [2.45, 2.75) is 32.3 Å². The van der Waals surface area contributed by atoms with E-state index in [-0.39, 0.29) is 6.10 Å². The number of allylic oxidation sites excluding steroid dienone is 6. The average Bonchev–Trinajstić information content (AvgIpc) is 2.46. The first-order valence-corrected chi connectivity index (χ1v) is 7.08. The monoisotopic (exact) mass is 260 g/mol. The van der Waals surface area contributed by atoms with Crippen LogP contribution in [0.3, 0.4) is 0 Å². The summed E-state index contributed by atoms with van der Waals surface area (Å²) in [5.74, 6) is 2.22. The maximum absolute atomic E-state index is 5.39. The van der Waals surface area contributed by atoms with Crippen molar-refractivity contribution in [1.29, 1.82) is 0 Å². The smallest absolute Gasteiger partial charge is 0.125 e. The lowest BCUT2D eigenvalue weighted by atomic mass is 9.85. The van der Waals surface area contributed by atoms with Gasteiger partial charge in [0.25, 0.3) is 0 Å². The van der Waals surface area contributed by atoms with Gasteiger partial charge in [0.15, 0.2) is 0 Å². The molecule has 2 aliphatic carbocycles. The summed E-state index contributed by atoms with van der Waals surface area (Å²) in [4.78, 5) is 0. The maximum atomic E-state index is 5.39. The van der Waals surface area contributed by atoms with Crippen molar-refractivity contribution >= 4 is 0 Å². The zero-order chi connectivity index (χ0) is 13.7. The van der Waals surface area contributed by atoms with Crippen LogP contribution in [0.4, 0.5) is 0 Å². The summed E-state index contributed by atoms with van der Waals surface area (Å²) in [6.07, 6.45) is 16.9. The molecule has 2 nitrogen and oxygen atoms in total. The minimum atomic E-state index is 0.0654. The van der Waals surface area contributed by atoms with Gasteiger partial charge in [-0.05, 0) is 42.7 Å². The van der Waals surface area contributed by atoms with Gasteiger partial charge in [-0.25, -0.2) is 0 Å². The van der Waals surface area contributed by atoms with Crippen LogP contribution < -0.4 is 0 Å². The second-order valence-corrected chi connectivity index (χ2v) is 5.33. The van der Waals surface area contributed by atoms with Crippen LogP contribution in [0.15, 0.2) is 47.8 Å². The highest BCUT2D eigenvalue weighted by atomic mass is 16.5. The van der Waals surface area contributed by atoms with E-state index in [0.29, 0.717) is 5.92 Å². The fourth-order valence-corrected chi connectivity index (χ4v) is 2.66. The second-order valence-electron chi connectivity index (χ2n) is 5.33. The van der Waals surface area contributed by atoms with Gasteiger partial charge >= 0.3 is 0 Å². The zero-order valence-corrected chi connectivity index (χ0v) is 12.1. The van der Waals surface area contributed by atoms with E-state index in [9.17, 15) is 0 Å². The van der Waals surface area contributed by atoms with Crippen molar-refractivity contribution in [2.75, 3.05) is 14.2 Å². The van der Waals surface area contributed by atoms with Gasteiger partial charge in [-0.1, -0.05) is 37.3 Å². The third-order valence-electron chi connectivity index (χ3n) is 4.03. The van der Waals surface area contributed by atoms with Crippen molar-refractivity contribution in [3.8, 4) is 0 Å². The molecule has 2 heteroatoms. The molecule has 0 aromatic rings. The fraction of sp³-hybridized carbons (Fsp3) is 0.529. The van der Waals surface area contributed by atoms with Crippen molar-refractivity contribution in [3.63, 3.8) is 0 Å². The van der Waals surface area contributed by atoms with Crippen molar-refractivity contribution in [2.24, 2.45) is 11.8 Å². The van der Waals surface area contributed by atoms with Gasteiger partial charge in [-0.15, -0.1) is 0 Å². The van der Waals surface area contributed by atoms with Gasteiger partial charge in [0.05, 0.1) is 7.11 Å². The van der Waals surface area contributed by atoms with Crippen molar-refractivity contribution < 1.29 is 9.47 Å². The first kappa shape index (κ1) is 14.1. The molecule has 0 aromatic carbocycles. The number of methoxy groups -OCH3 is 2. The third kappa shape index (κ3) is 3.60. The Kier molecular flexibility index (Phi) is 5.03. The lowest BCUT2D eigenvalue weighted by molar-refractivity contribution is 0.0792. The standard InChI is InChI=1S/C17H24O2/c1-13-6-4-5-7-15(13)10-8-14-9-11-16(18-2)17(12-14)19-3/h5,7-10,12-13,15-16H,4,6,11H2,1-3H3/b10-8+. The summed E-state index contributed by atoms with van der Waals surface area (Å²) in [6, 6.07) is 0. The van der Waals surface area contributed by atoms with E-state index in [0.717, 1.165) is 18.1 Å². The Labute approximate surface area is 116 Å². The molecular formula is C17H24O2. The lowest BCUT2D eigenvalue weighted by Crippen LogP contribution is -2.17. The number of rotatable bonds is 4. The molecule has 0 radical (unpaired) electrons. The molecule has 0 heterocycles. The quantitative estimate of drug-likeness (QED) is 0.711. The van der Waals surface area contributed by atoms with Crippen LogP contribution in [-0.2, 0) is 9.47 Å². The third-order valence-corrected chi connectivity index (χ3v) is 4.03. The molecule has 0 saturated carbocycles. The molecular weight excluding hydrogens is 236 g/mol. The molecule has 3 unspecified atom stereocenters. The van der Waals surface area contributed by atoms with Crippen LogP contribution in [0.25, 0.3) is 0 Å². The highest BCUT2D eigenvalue weighted by Gasteiger charge is 2.18. The van der Waals surface area contributed by atoms with E-state index in [2.05, 4.69) is 43.4 Å². The molecule has 0 fully saturated rings. The van der Waals surface area contributed by atoms with Crippen LogP contribution in [0.5, 0.6) is 0 Å². The van der Waals surface area contributed by atoms with Crippen LogP contribution >= 0.6 is 0 Å². The maximum Gasteiger partial charge on any atom is 0.125 e. The molecule has 0 aliphatic heterocycles. The highest BCUT2D eigenvalue weighted by Crippen LogP contribution is 2.27. The Morgan fingerprint density at radius 1 is 1.32 bits per heavy atom. The van der Waals surface area contributed by atoms with Crippen molar-refractivity contribution in [3.05, 3.63) is 47.8 Å². The predicted molar refractivity (Wildman–Crippen MR) is 78.8 cm³/mol. The van der Waals surface area contributed by atoms with E-state index in [1.54, 1.807) is 14.2 Å². The van der Waals surface area contributed by atoms with Crippen molar-refractivity contribution in [1.82, 2.24) is 0 Å². The summed E-state index contributed by atoms with van der Waals surface area (Å²) in [5.41, 5.74) is 1.22. The minimum Gasteiger partial charge on any atom is -0.498 e. The number of ether oxygens (including phenoxy) is 2. The molecule has 0 saturated heterocycles. The molecule has 0 aromatic heterocycles. The Morgan fingerprint density at radius 2 is 2.16 bits per heavy atom. The normalized spacial score (nSPS) is 31.2. The van der Waals surface area contributed by atoms with E-state index >= 15 is 0 Å². The van der Waals surface area contributed by atoms with Crippen LogP contribution in [0, 0.1) is 11.8 Å². The zero-order valence-electron chi connectivity index (χ0n) is 12.1. The molecule has 0 amide bonds. The Bertz CT molecular complexity index is 415. The van der Waals surface area contributed by atoms with Crippen LogP contribution in [-0.4, -0.2) is 20.3 Å². The van der Waals surface area contributed by atoms with Gasteiger partial charge in [-0.2, -0.15) is 0 Å². The number of hydrogen-bond donors (Lipinski definition) is 0. The summed E-state index contributed by atoms with van der Waals surface area (Å²) in [7, 11) is 3.43. The van der Waals surface area contributed by atoms with Gasteiger partial charge in [0, 0.05) is 7.11 Å². The average molecular weight is 260 g/mol. The van der Waals surface area contributed by atoms with E-state index < -0.39 is 0 Å². The van der Waals surface area contributed by atoms with E-state index in [1.807, 2.05) is 0 Å². The molecule has 2 rings (SSSR count). The van der Waals surface area contributed by atoms with E-state index in [4.69, 9.17) is 9.47 Å². The molecule has 0 N–H and O–H groups in total. The highest BCUT2D eigenvalue weighted by molar-refractivity contribution is 5.37. The second kappa shape index (κ2) is 6.76. The molecule has 2 aliphatic rings. The first-order chi connectivity index (χ1) is 9.24. The van der Waals surface area contributed by atoms with Crippen LogP contribution in [0.1, 0.15) is 26.2 Å². The molecule has 3 atom stereocenters. The molecule has 0 bridgehead atoms. The summed E-state index contributed by atoms with van der Waals surface area (Å²) >= 11 is 0. The predicted octanol–water partition coefficient (Wildman–Crippen LogP) is 4.02. The Balaban J connectivity index is 2.03. The minimum absolute atomic E-state index is 0.0654. The molecule has 19 heavy (non-hydrogen) atoms. The first-order valence-electron chi connectivity index (χ1n) is 7.08. The lowest BCUT2D eigenvalue weighted by Gasteiger charge is -2.22. The molecule has 104 valence electrons. The van der Waals surface area contributed by atoms with Crippen LogP contribution in [0.2, 0.25) is 0 Å². The fourth-order valence-electron chi connectivity index (χ4n) is 2.66. The van der Waals surface area contributed by atoms with Gasteiger partial charge in [0.2, 0.25) is 0 Å². The Morgan fingerprint density at radius 3 is 2.84 bits per heavy atom. The molecule has 0 spiro atoms. The number of hydrogen-bond acceptors (Lipinski definition) is 2. The summed E-state index contributed by atoms with van der Waals surface area (Å²) in [5, 5.41) is 0. The Hall–Kier alpha value is -1.28. The summed E-state index contributed by atoms with van der Waals surface area (Å²) < 4.78 is 10.8. The largest absolute Gasteiger partial charge is 0.498 e. The van der Waals surface area contributed by atoms with Gasteiger partial charge < -0.3 is 9.47 Å². The SMILES string of the molecule is COC1=CC(/C=C/C2C=CCCC2C)=CCC1OC. The summed E-state index contributed by atoms with van der Waals surface area (Å²) in [6.45, 7) is 2.32. The topological polar surface area (TPSA) is 18.5 Å². The van der Waals surface area contributed by atoms with Gasteiger partial charge in [-0.3, -0.25) is 0 Å². The van der Waals surface area contributed by atoms with E-state index in [1.165, 1.54) is 18.4 Å². The van der Waals surface area contributed by atoms with Gasteiger partial charge in [0.1, 0.15) is 11.9 Å².